The van der Waals surface area contributed by atoms with Crippen LogP contribution in [0.15, 0.2) is 0 Å². The van der Waals surface area contributed by atoms with Crippen LogP contribution in [-0.4, -0.2) is 29.1 Å². The Bertz CT molecular complexity index is 248. The third-order valence-corrected chi connectivity index (χ3v) is 2.04. The van der Waals surface area contributed by atoms with Gasteiger partial charge in [0.05, 0.1) is 0 Å². The molecule has 3 N–H and O–H groups in total. The molecule has 0 aliphatic carbocycles. The minimum absolute atomic E-state index is 0.0480. The highest BCUT2D eigenvalue weighted by molar-refractivity contribution is 7.80. The second-order valence-corrected chi connectivity index (χ2v) is 5.27. The van der Waals surface area contributed by atoms with E-state index >= 15 is 0 Å². The van der Waals surface area contributed by atoms with Crippen LogP contribution >= 0.6 is 12.2 Å². The fourth-order valence-corrected chi connectivity index (χ4v) is 1.31. The number of carbonyl (C=O) groups is 1. The molecule has 0 aliphatic heterocycles. The molecule has 94 valence electrons. The Hall–Kier alpha value is -0.840. The van der Waals surface area contributed by atoms with Gasteiger partial charge in [-0.05, 0) is 46.3 Å². The van der Waals surface area contributed by atoms with E-state index in [9.17, 15) is 4.79 Å². The van der Waals surface area contributed by atoms with E-state index in [0.717, 1.165) is 13.0 Å². The monoisotopic (exact) mass is 245 g/mol. The minimum atomic E-state index is -0.323. The van der Waals surface area contributed by atoms with Crippen LogP contribution in [0.1, 0.15) is 41.0 Å². The lowest BCUT2D eigenvalue weighted by Crippen LogP contribution is -2.52. The maximum atomic E-state index is 11.7. The maximum absolute atomic E-state index is 11.7. The van der Waals surface area contributed by atoms with Gasteiger partial charge in [-0.1, -0.05) is 6.92 Å². The average Bonchev–Trinajstić information content (AvgIpc) is 2.11. The molecule has 0 radical (unpaired) electrons. The van der Waals surface area contributed by atoms with Crippen LogP contribution in [0.2, 0.25) is 0 Å². The molecule has 0 aromatic rings. The van der Waals surface area contributed by atoms with E-state index < -0.39 is 0 Å². The fraction of sp³-hybridized carbons (Fsp3) is 0.818. The van der Waals surface area contributed by atoms with Crippen molar-refractivity contribution in [2.24, 2.45) is 0 Å². The molecule has 16 heavy (non-hydrogen) atoms. The van der Waals surface area contributed by atoms with Crippen molar-refractivity contribution in [3.8, 4) is 0 Å². The molecule has 1 unspecified atom stereocenters. The van der Waals surface area contributed by atoms with Gasteiger partial charge in [0.1, 0.15) is 6.04 Å². The predicted molar refractivity (Wildman–Crippen MR) is 71.4 cm³/mol. The van der Waals surface area contributed by atoms with Gasteiger partial charge in [0, 0.05) is 12.1 Å². The summed E-state index contributed by atoms with van der Waals surface area (Å²) in [6, 6.07) is -0.323. The summed E-state index contributed by atoms with van der Waals surface area (Å²) in [4.78, 5) is 11.7. The van der Waals surface area contributed by atoms with Gasteiger partial charge < -0.3 is 16.0 Å². The van der Waals surface area contributed by atoms with E-state index in [0.29, 0.717) is 5.11 Å². The molecule has 0 spiro atoms. The van der Waals surface area contributed by atoms with Gasteiger partial charge in [-0.15, -0.1) is 0 Å². The van der Waals surface area contributed by atoms with E-state index in [4.69, 9.17) is 12.2 Å². The van der Waals surface area contributed by atoms with Crippen LogP contribution in [0.5, 0.6) is 0 Å². The van der Waals surface area contributed by atoms with Crippen molar-refractivity contribution in [3.05, 3.63) is 0 Å². The molecule has 0 heterocycles. The third kappa shape index (κ3) is 7.45. The zero-order chi connectivity index (χ0) is 12.8. The Labute approximate surface area is 104 Å². The zero-order valence-corrected chi connectivity index (χ0v) is 11.6. The molecule has 0 rings (SSSR count). The summed E-state index contributed by atoms with van der Waals surface area (Å²) >= 11 is 5.05. The summed E-state index contributed by atoms with van der Waals surface area (Å²) in [7, 11) is 0. The SMILES string of the molecule is CCCNC(=S)NC(C)C(=O)NC(C)(C)C. The Morgan fingerprint density at radius 2 is 1.94 bits per heavy atom. The molecule has 0 fully saturated rings. The highest BCUT2D eigenvalue weighted by atomic mass is 32.1. The third-order valence-electron chi connectivity index (χ3n) is 1.77. The molecule has 0 saturated carbocycles. The molecule has 4 nitrogen and oxygen atoms in total. The van der Waals surface area contributed by atoms with E-state index in [1.165, 1.54) is 0 Å². The smallest absolute Gasteiger partial charge is 0.242 e. The van der Waals surface area contributed by atoms with Crippen LogP contribution in [0, 0.1) is 0 Å². The summed E-state index contributed by atoms with van der Waals surface area (Å²) < 4.78 is 0. The molecule has 1 atom stereocenters. The fourth-order valence-electron chi connectivity index (χ4n) is 1.03. The molecule has 1 amide bonds. The van der Waals surface area contributed by atoms with Gasteiger partial charge in [0.2, 0.25) is 5.91 Å². The van der Waals surface area contributed by atoms with Crippen LogP contribution in [-0.2, 0) is 4.79 Å². The number of hydrogen-bond donors (Lipinski definition) is 3. The summed E-state index contributed by atoms with van der Waals surface area (Å²) in [5.41, 5.74) is -0.217. The largest absolute Gasteiger partial charge is 0.363 e. The first kappa shape index (κ1) is 15.2. The summed E-state index contributed by atoms with van der Waals surface area (Å²) in [6.45, 7) is 10.5. The number of amides is 1. The Balaban J connectivity index is 4.01. The molecule has 5 heteroatoms. The lowest BCUT2D eigenvalue weighted by atomic mass is 10.1. The van der Waals surface area contributed by atoms with Crippen LogP contribution in [0.4, 0.5) is 0 Å². The van der Waals surface area contributed by atoms with Gasteiger partial charge in [-0.25, -0.2) is 0 Å². The number of hydrogen-bond acceptors (Lipinski definition) is 2. The Kier molecular flexibility index (Phi) is 6.33. The molecular weight excluding hydrogens is 222 g/mol. The minimum Gasteiger partial charge on any atom is -0.363 e. The topological polar surface area (TPSA) is 53.2 Å². The predicted octanol–water partition coefficient (Wildman–Crippen LogP) is 1.16. The first-order valence-electron chi connectivity index (χ1n) is 5.62. The van der Waals surface area contributed by atoms with Crippen molar-refractivity contribution in [2.75, 3.05) is 6.54 Å². The number of thiocarbonyl (C=S) groups is 1. The van der Waals surface area contributed by atoms with Crippen LogP contribution < -0.4 is 16.0 Å². The second kappa shape index (κ2) is 6.68. The average molecular weight is 245 g/mol. The standard InChI is InChI=1S/C11H23N3OS/c1-6-7-12-10(16)13-8(2)9(15)14-11(3,4)5/h8H,6-7H2,1-5H3,(H,14,15)(H2,12,13,16). The normalized spacial score (nSPS) is 12.8. The van der Waals surface area contributed by atoms with Crippen LogP contribution in [0.25, 0.3) is 0 Å². The van der Waals surface area contributed by atoms with Gasteiger partial charge in [0.25, 0.3) is 0 Å². The molecular formula is C11H23N3OS. The molecule has 0 aliphatic rings. The lowest BCUT2D eigenvalue weighted by molar-refractivity contribution is -0.123. The van der Waals surface area contributed by atoms with E-state index in [1.807, 2.05) is 20.8 Å². The number of carbonyl (C=O) groups excluding carboxylic acids is 1. The van der Waals surface area contributed by atoms with Crippen molar-refractivity contribution in [3.63, 3.8) is 0 Å². The van der Waals surface area contributed by atoms with Crippen molar-refractivity contribution < 1.29 is 4.79 Å². The van der Waals surface area contributed by atoms with Crippen LogP contribution in [0.3, 0.4) is 0 Å². The Morgan fingerprint density at radius 3 is 2.38 bits per heavy atom. The highest BCUT2D eigenvalue weighted by Crippen LogP contribution is 1.99. The van der Waals surface area contributed by atoms with E-state index in [1.54, 1.807) is 6.92 Å². The quantitative estimate of drug-likeness (QED) is 0.651. The van der Waals surface area contributed by atoms with E-state index in [2.05, 4.69) is 22.9 Å². The van der Waals surface area contributed by atoms with Gasteiger partial charge in [0.15, 0.2) is 5.11 Å². The molecule has 0 bridgehead atoms. The lowest BCUT2D eigenvalue weighted by Gasteiger charge is -2.24. The number of nitrogens with one attached hydrogen (secondary N) is 3. The van der Waals surface area contributed by atoms with Gasteiger partial charge in [-0.2, -0.15) is 0 Å². The van der Waals surface area contributed by atoms with Gasteiger partial charge >= 0.3 is 0 Å². The summed E-state index contributed by atoms with van der Waals surface area (Å²) in [5.74, 6) is -0.0480. The molecule has 0 aromatic carbocycles. The van der Waals surface area contributed by atoms with Gasteiger partial charge in [-0.3, -0.25) is 4.79 Å². The van der Waals surface area contributed by atoms with Crippen molar-refractivity contribution >= 4 is 23.2 Å². The zero-order valence-electron chi connectivity index (χ0n) is 10.8. The van der Waals surface area contributed by atoms with Crippen molar-refractivity contribution in [1.29, 1.82) is 0 Å². The summed E-state index contributed by atoms with van der Waals surface area (Å²) in [6.07, 6.45) is 1.00. The highest BCUT2D eigenvalue weighted by Gasteiger charge is 2.19. The van der Waals surface area contributed by atoms with Crippen molar-refractivity contribution in [1.82, 2.24) is 16.0 Å². The van der Waals surface area contributed by atoms with E-state index in [-0.39, 0.29) is 17.5 Å². The first-order chi connectivity index (χ1) is 7.26. The second-order valence-electron chi connectivity index (χ2n) is 4.86. The Morgan fingerprint density at radius 1 is 1.38 bits per heavy atom. The number of rotatable bonds is 4. The summed E-state index contributed by atoms with van der Waals surface area (Å²) in [5, 5.41) is 9.38. The first-order valence-corrected chi connectivity index (χ1v) is 6.03. The van der Waals surface area contributed by atoms with Crippen molar-refractivity contribution in [2.45, 2.75) is 52.6 Å². The molecule has 0 aromatic heterocycles. The molecule has 0 saturated heterocycles. The maximum Gasteiger partial charge on any atom is 0.242 e.